The van der Waals surface area contributed by atoms with Crippen molar-refractivity contribution in [2.24, 2.45) is 5.73 Å². The van der Waals surface area contributed by atoms with Gasteiger partial charge in [-0.1, -0.05) is 48.0 Å². The minimum atomic E-state index is -4.79. The second-order valence-electron chi connectivity index (χ2n) is 8.71. The lowest BCUT2D eigenvalue weighted by Crippen LogP contribution is -2.38. The lowest BCUT2D eigenvalue weighted by molar-refractivity contribution is -0.140. The van der Waals surface area contributed by atoms with Crippen molar-refractivity contribution in [2.45, 2.75) is 24.7 Å². The first-order valence-electron chi connectivity index (χ1n) is 11.1. The topological polar surface area (TPSA) is 69.8 Å². The Morgan fingerprint density at radius 2 is 1.92 bits per heavy atom. The Kier molecular flexibility index (Phi) is 8.94. The van der Waals surface area contributed by atoms with Crippen molar-refractivity contribution < 1.29 is 27.5 Å². The molecule has 0 bridgehead atoms. The number of halogens is 6. The number of amides is 1. The van der Waals surface area contributed by atoms with Crippen LogP contribution in [-0.2, 0) is 17.5 Å². The molecule has 0 saturated carbocycles. The van der Waals surface area contributed by atoms with Crippen LogP contribution in [0.4, 0.5) is 17.6 Å². The molecule has 1 fully saturated rings. The van der Waals surface area contributed by atoms with E-state index in [2.05, 4.69) is 6.58 Å². The van der Waals surface area contributed by atoms with Crippen LogP contribution >= 0.6 is 23.2 Å². The number of aliphatic hydroxyl groups is 1. The predicted octanol–water partition coefficient (Wildman–Crippen LogP) is 6.05. The summed E-state index contributed by atoms with van der Waals surface area (Å²) in [5.41, 5.74) is 5.28. The molecule has 1 aliphatic rings. The van der Waals surface area contributed by atoms with Gasteiger partial charge in [-0.25, -0.2) is 4.39 Å². The highest BCUT2D eigenvalue weighted by atomic mass is 35.5. The number of nitrogens with two attached hydrogens (primary N) is 1. The molecular formula is C26H25Cl2F4N3O2. The monoisotopic (exact) mass is 557 g/mol. The van der Waals surface area contributed by atoms with Crippen LogP contribution in [0.1, 0.15) is 22.6 Å². The van der Waals surface area contributed by atoms with Crippen molar-refractivity contribution >= 4 is 29.1 Å². The second-order valence-corrected chi connectivity index (χ2v) is 9.53. The van der Waals surface area contributed by atoms with Crippen LogP contribution in [0.5, 0.6) is 0 Å². The van der Waals surface area contributed by atoms with Crippen molar-refractivity contribution in [3.8, 4) is 0 Å². The Balaban J connectivity index is 1.93. The zero-order valence-electron chi connectivity index (χ0n) is 19.8. The maximum absolute atomic E-state index is 14.2. The summed E-state index contributed by atoms with van der Waals surface area (Å²) >= 11 is 12.3. The number of benzene rings is 2. The number of carbonyl (C=O) groups excluding carboxylic acids is 1. The molecule has 5 nitrogen and oxygen atoms in total. The number of hydrogen-bond donors (Lipinski definition) is 2. The Morgan fingerprint density at radius 3 is 2.49 bits per heavy atom. The molecule has 1 saturated heterocycles. The van der Waals surface area contributed by atoms with E-state index in [9.17, 15) is 27.5 Å². The minimum absolute atomic E-state index is 0.121. The van der Waals surface area contributed by atoms with Gasteiger partial charge in [-0.15, -0.1) is 0 Å². The third-order valence-electron chi connectivity index (χ3n) is 6.13. The highest BCUT2D eigenvalue weighted by Gasteiger charge is 2.39. The van der Waals surface area contributed by atoms with Gasteiger partial charge in [0.2, 0.25) is 0 Å². The first-order valence-corrected chi connectivity index (χ1v) is 11.9. The molecule has 0 aromatic heterocycles. The fourth-order valence-corrected chi connectivity index (χ4v) is 4.72. The fourth-order valence-electron chi connectivity index (χ4n) is 4.41. The lowest BCUT2D eigenvalue weighted by atomic mass is 9.93. The van der Waals surface area contributed by atoms with Crippen LogP contribution in [-0.4, -0.2) is 47.0 Å². The number of hydrogen-bond acceptors (Lipinski definition) is 4. The summed E-state index contributed by atoms with van der Waals surface area (Å²) in [5, 5.41) is 10.2. The summed E-state index contributed by atoms with van der Waals surface area (Å²) in [6, 6.07) is 7.64. The Bertz CT molecular complexity index is 1240. The van der Waals surface area contributed by atoms with E-state index in [1.54, 1.807) is 30.1 Å². The summed E-state index contributed by atoms with van der Waals surface area (Å²) in [6.07, 6.45) is -0.855. The molecule has 1 aliphatic heterocycles. The van der Waals surface area contributed by atoms with Crippen LogP contribution < -0.4 is 5.73 Å². The smallest absolute Gasteiger partial charge is 0.419 e. The number of carbonyl (C=O) groups is 1. The van der Waals surface area contributed by atoms with Crippen LogP contribution in [0.2, 0.25) is 10.0 Å². The minimum Gasteiger partial charge on any atom is -0.495 e. The van der Waals surface area contributed by atoms with E-state index in [0.717, 1.165) is 23.8 Å². The van der Waals surface area contributed by atoms with Crippen LogP contribution in [0, 0.1) is 5.82 Å². The number of allylic oxidation sites excluding steroid dienone is 2. The second kappa shape index (κ2) is 11.6. The Morgan fingerprint density at radius 1 is 1.22 bits per heavy atom. The molecule has 198 valence electrons. The molecule has 1 heterocycles. The average Bonchev–Trinajstić information content (AvgIpc) is 3.24. The summed E-state index contributed by atoms with van der Waals surface area (Å²) in [7, 11) is 1.74. The summed E-state index contributed by atoms with van der Waals surface area (Å²) in [5.74, 6) is -2.56. The number of alkyl halides is 3. The van der Waals surface area contributed by atoms with Gasteiger partial charge in [0, 0.05) is 43.2 Å². The molecule has 3 rings (SSSR count). The van der Waals surface area contributed by atoms with Gasteiger partial charge in [-0.2, -0.15) is 13.2 Å². The molecule has 2 atom stereocenters. The van der Waals surface area contributed by atoms with E-state index in [0.29, 0.717) is 15.6 Å². The number of nitrogens with zero attached hydrogens (tertiary/aromatic N) is 2. The van der Waals surface area contributed by atoms with Crippen molar-refractivity contribution in [3.63, 3.8) is 0 Å². The molecule has 1 amide bonds. The van der Waals surface area contributed by atoms with Gasteiger partial charge < -0.3 is 15.7 Å². The van der Waals surface area contributed by atoms with E-state index in [1.807, 2.05) is 4.90 Å². The standard InChI is InChI=1S/C26H25Cl2F4N3O2/c1-3-4-17(11-24(33)36)25(37)35-13-18(16-6-8-20(27)21(28)10-16)23(14-35)34(2)12-15-5-7-19(22(29)9-15)26(30,31)32/h3-11,18,23,36H,1,12-14,33H2,2H3/b17-4+,24-11+/t18-,23+/m1/s1. The lowest BCUT2D eigenvalue weighted by Gasteiger charge is -2.29. The first kappa shape index (κ1) is 28.6. The summed E-state index contributed by atoms with van der Waals surface area (Å²) < 4.78 is 53.0. The third kappa shape index (κ3) is 6.85. The van der Waals surface area contributed by atoms with Gasteiger partial charge >= 0.3 is 6.18 Å². The van der Waals surface area contributed by atoms with E-state index >= 15 is 0 Å². The van der Waals surface area contributed by atoms with Gasteiger partial charge in [-0.05, 0) is 48.5 Å². The first-order chi connectivity index (χ1) is 17.3. The highest BCUT2D eigenvalue weighted by molar-refractivity contribution is 6.42. The number of aliphatic hydroxyl groups excluding tert-OH is 1. The van der Waals surface area contributed by atoms with Gasteiger partial charge in [-0.3, -0.25) is 9.69 Å². The molecule has 3 N–H and O–H groups in total. The van der Waals surface area contributed by atoms with Crippen LogP contribution in [0.15, 0.2) is 72.7 Å². The Hall–Kier alpha value is -3.01. The molecule has 0 unspecified atom stereocenters. The van der Waals surface area contributed by atoms with Crippen molar-refractivity contribution in [1.82, 2.24) is 9.80 Å². The van der Waals surface area contributed by atoms with Crippen molar-refractivity contribution in [1.29, 1.82) is 0 Å². The zero-order valence-corrected chi connectivity index (χ0v) is 21.3. The van der Waals surface area contributed by atoms with Gasteiger partial charge in [0.05, 0.1) is 15.6 Å². The van der Waals surface area contributed by atoms with Gasteiger partial charge in [0.1, 0.15) is 5.82 Å². The van der Waals surface area contributed by atoms with Gasteiger partial charge in [0.25, 0.3) is 5.91 Å². The molecule has 2 aromatic rings. The highest BCUT2D eigenvalue weighted by Crippen LogP contribution is 2.36. The molecular weight excluding hydrogens is 533 g/mol. The Labute approximate surface area is 222 Å². The number of likely N-dealkylation sites (tertiary alicyclic amines) is 1. The molecule has 0 radical (unpaired) electrons. The van der Waals surface area contributed by atoms with Gasteiger partial charge in [0.15, 0.2) is 5.88 Å². The maximum atomic E-state index is 14.2. The quantitative estimate of drug-likeness (QED) is 0.188. The summed E-state index contributed by atoms with van der Waals surface area (Å²) in [6.45, 7) is 4.20. The normalized spacial score (nSPS) is 19.0. The predicted molar refractivity (Wildman–Crippen MR) is 136 cm³/mol. The maximum Gasteiger partial charge on any atom is 0.419 e. The van der Waals surface area contributed by atoms with Crippen molar-refractivity contribution in [3.05, 3.63) is 105 Å². The zero-order chi connectivity index (χ0) is 27.5. The molecule has 0 aliphatic carbocycles. The average molecular weight is 558 g/mol. The molecule has 0 spiro atoms. The van der Waals surface area contributed by atoms with E-state index in [-0.39, 0.29) is 37.2 Å². The molecule has 11 heteroatoms. The van der Waals surface area contributed by atoms with Crippen LogP contribution in [0.25, 0.3) is 0 Å². The fraction of sp³-hybridized carbons (Fsp3) is 0.269. The number of rotatable bonds is 7. The molecule has 37 heavy (non-hydrogen) atoms. The van der Waals surface area contributed by atoms with E-state index in [1.165, 1.54) is 18.2 Å². The molecule has 2 aromatic carbocycles. The summed E-state index contributed by atoms with van der Waals surface area (Å²) in [4.78, 5) is 16.7. The van der Waals surface area contributed by atoms with Crippen LogP contribution in [0.3, 0.4) is 0 Å². The van der Waals surface area contributed by atoms with E-state index in [4.69, 9.17) is 28.9 Å². The number of likely N-dealkylation sites (N-methyl/N-ethyl adjacent to an activating group) is 1. The largest absolute Gasteiger partial charge is 0.495 e. The third-order valence-corrected chi connectivity index (χ3v) is 6.87. The SMILES string of the molecule is C=C/C=C(\C=C(/N)O)C(=O)N1C[C@H](c2ccc(Cl)c(Cl)c2)[C@@H](N(C)Cc2ccc(C(F)(F)F)c(F)c2)C1. The van der Waals surface area contributed by atoms with E-state index < -0.39 is 29.3 Å². The van der Waals surface area contributed by atoms with Crippen molar-refractivity contribution in [2.75, 3.05) is 20.1 Å².